The Bertz CT molecular complexity index is 249. The number of alkyl halides is 2. The molecular formula is C13H26F2N2O. The molecule has 1 saturated carbocycles. The number of aliphatic hydroxyl groups excluding tert-OH is 1. The van der Waals surface area contributed by atoms with Gasteiger partial charge >= 0.3 is 0 Å². The van der Waals surface area contributed by atoms with Crippen molar-refractivity contribution in [2.45, 2.75) is 39.2 Å². The fraction of sp³-hybridized carbons (Fsp3) is 1.00. The standard InChI is InChI=1S/C13H26F2N2O/c1-13(2)5-4-10(12(13)16-3)8-17(6-7-18)9-11(14)15/h10-12,16,18H,4-9H2,1-3H3. The molecule has 0 spiro atoms. The maximum atomic E-state index is 12.5. The number of hydrogen-bond acceptors (Lipinski definition) is 3. The molecule has 3 nitrogen and oxygen atoms in total. The van der Waals surface area contributed by atoms with E-state index in [1.165, 1.54) is 0 Å². The Morgan fingerprint density at radius 2 is 2.11 bits per heavy atom. The van der Waals surface area contributed by atoms with E-state index in [-0.39, 0.29) is 18.6 Å². The molecule has 1 fully saturated rings. The first-order valence-electron chi connectivity index (χ1n) is 6.69. The Kier molecular flexibility index (Phi) is 5.95. The highest BCUT2D eigenvalue weighted by molar-refractivity contribution is 4.96. The van der Waals surface area contributed by atoms with Crippen molar-refractivity contribution in [3.63, 3.8) is 0 Å². The first-order chi connectivity index (χ1) is 8.40. The lowest BCUT2D eigenvalue weighted by Gasteiger charge is -2.33. The minimum Gasteiger partial charge on any atom is -0.395 e. The highest BCUT2D eigenvalue weighted by atomic mass is 19.3. The predicted octanol–water partition coefficient (Wildman–Crippen LogP) is 1.57. The summed E-state index contributed by atoms with van der Waals surface area (Å²) >= 11 is 0. The van der Waals surface area contributed by atoms with Crippen LogP contribution in [0.1, 0.15) is 26.7 Å². The van der Waals surface area contributed by atoms with Crippen molar-refractivity contribution in [2.75, 3.05) is 33.3 Å². The van der Waals surface area contributed by atoms with E-state index in [9.17, 15) is 8.78 Å². The summed E-state index contributed by atoms with van der Waals surface area (Å²) in [6.07, 6.45) is -0.159. The highest BCUT2D eigenvalue weighted by Crippen LogP contribution is 2.41. The van der Waals surface area contributed by atoms with Crippen molar-refractivity contribution in [3.8, 4) is 0 Å². The summed E-state index contributed by atoms with van der Waals surface area (Å²) in [6.45, 7) is 5.10. The Morgan fingerprint density at radius 1 is 1.44 bits per heavy atom. The van der Waals surface area contributed by atoms with Crippen molar-refractivity contribution in [1.82, 2.24) is 10.2 Å². The second-order valence-corrected chi connectivity index (χ2v) is 5.93. The molecule has 108 valence electrons. The summed E-state index contributed by atoms with van der Waals surface area (Å²) < 4.78 is 24.9. The molecule has 2 N–H and O–H groups in total. The largest absolute Gasteiger partial charge is 0.395 e. The smallest absolute Gasteiger partial charge is 0.251 e. The summed E-state index contributed by atoms with van der Waals surface area (Å²) in [4.78, 5) is 1.68. The number of aliphatic hydroxyl groups is 1. The molecule has 2 atom stereocenters. The van der Waals surface area contributed by atoms with Crippen LogP contribution in [0.2, 0.25) is 0 Å². The van der Waals surface area contributed by atoms with Crippen LogP contribution in [-0.2, 0) is 0 Å². The van der Waals surface area contributed by atoms with E-state index in [1.807, 2.05) is 7.05 Å². The van der Waals surface area contributed by atoms with Crippen LogP contribution >= 0.6 is 0 Å². The average molecular weight is 264 g/mol. The van der Waals surface area contributed by atoms with Crippen LogP contribution in [0.5, 0.6) is 0 Å². The number of nitrogens with one attached hydrogen (secondary N) is 1. The molecule has 0 aliphatic heterocycles. The summed E-state index contributed by atoms with van der Waals surface area (Å²) in [6, 6.07) is 0.358. The molecule has 0 aromatic rings. The lowest BCUT2D eigenvalue weighted by atomic mass is 9.85. The van der Waals surface area contributed by atoms with Gasteiger partial charge in [-0.25, -0.2) is 8.78 Å². The Balaban J connectivity index is 2.58. The van der Waals surface area contributed by atoms with Crippen LogP contribution in [0, 0.1) is 11.3 Å². The van der Waals surface area contributed by atoms with E-state index in [1.54, 1.807) is 4.90 Å². The van der Waals surface area contributed by atoms with Gasteiger partial charge in [-0.05, 0) is 31.2 Å². The Morgan fingerprint density at radius 3 is 2.61 bits per heavy atom. The fourth-order valence-electron chi connectivity index (χ4n) is 3.27. The van der Waals surface area contributed by atoms with Gasteiger partial charge in [-0.15, -0.1) is 0 Å². The number of halogens is 2. The van der Waals surface area contributed by atoms with E-state index in [0.29, 0.717) is 25.0 Å². The van der Waals surface area contributed by atoms with Crippen molar-refractivity contribution in [2.24, 2.45) is 11.3 Å². The Labute approximate surface area is 109 Å². The van der Waals surface area contributed by atoms with E-state index in [4.69, 9.17) is 5.11 Å². The van der Waals surface area contributed by atoms with Crippen LogP contribution in [-0.4, -0.2) is 55.8 Å². The van der Waals surface area contributed by atoms with Crippen LogP contribution in [0.15, 0.2) is 0 Å². The number of rotatable bonds is 7. The topological polar surface area (TPSA) is 35.5 Å². The van der Waals surface area contributed by atoms with Crippen molar-refractivity contribution < 1.29 is 13.9 Å². The van der Waals surface area contributed by atoms with Gasteiger partial charge in [0.15, 0.2) is 0 Å². The molecule has 1 rings (SSSR count). The fourth-order valence-corrected chi connectivity index (χ4v) is 3.27. The zero-order valence-corrected chi connectivity index (χ0v) is 11.6. The maximum Gasteiger partial charge on any atom is 0.251 e. The third-order valence-electron chi connectivity index (χ3n) is 4.09. The van der Waals surface area contributed by atoms with Gasteiger partial charge < -0.3 is 10.4 Å². The first kappa shape index (κ1) is 15.8. The second-order valence-electron chi connectivity index (χ2n) is 5.93. The quantitative estimate of drug-likeness (QED) is 0.732. The zero-order chi connectivity index (χ0) is 13.8. The van der Waals surface area contributed by atoms with E-state index in [0.717, 1.165) is 12.8 Å². The van der Waals surface area contributed by atoms with Crippen LogP contribution in [0.25, 0.3) is 0 Å². The van der Waals surface area contributed by atoms with Gasteiger partial charge in [0, 0.05) is 19.1 Å². The molecule has 0 heterocycles. The molecule has 0 amide bonds. The SMILES string of the molecule is CNC1C(CN(CCO)CC(F)F)CCC1(C)C. The molecule has 2 unspecified atom stereocenters. The predicted molar refractivity (Wildman–Crippen MR) is 68.9 cm³/mol. The molecule has 1 aliphatic rings. The third-order valence-corrected chi connectivity index (χ3v) is 4.09. The van der Waals surface area contributed by atoms with E-state index in [2.05, 4.69) is 19.2 Å². The minimum absolute atomic E-state index is 0.0624. The molecule has 0 radical (unpaired) electrons. The van der Waals surface area contributed by atoms with Gasteiger partial charge in [-0.2, -0.15) is 0 Å². The molecule has 0 bridgehead atoms. The van der Waals surface area contributed by atoms with Crippen LogP contribution < -0.4 is 5.32 Å². The third kappa shape index (κ3) is 4.14. The monoisotopic (exact) mass is 264 g/mol. The van der Waals surface area contributed by atoms with Crippen LogP contribution in [0.4, 0.5) is 8.78 Å². The van der Waals surface area contributed by atoms with Crippen molar-refractivity contribution in [1.29, 1.82) is 0 Å². The summed E-state index contributed by atoms with van der Waals surface area (Å²) in [5.41, 5.74) is 0.217. The van der Waals surface area contributed by atoms with Crippen molar-refractivity contribution in [3.05, 3.63) is 0 Å². The maximum absolute atomic E-state index is 12.5. The van der Waals surface area contributed by atoms with Gasteiger partial charge in [0.05, 0.1) is 13.2 Å². The first-order valence-corrected chi connectivity index (χ1v) is 6.69. The Hall–Kier alpha value is -0.260. The summed E-state index contributed by atoms with van der Waals surface area (Å²) in [5.74, 6) is 0.385. The van der Waals surface area contributed by atoms with Gasteiger partial charge in [0.25, 0.3) is 6.43 Å². The van der Waals surface area contributed by atoms with Crippen molar-refractivity contribution >= 4 is 0 Å². The van der Waals surface area contributed by atoms with E-state index >= 15 is 0 Å². The molecular weight excluding hydrogens is 238 g/mol. The van der Waals surface area contributed by atoms with Gasteiger partial charge in [0.1, 0.15) is 0 Å². The molecule has 1 aliphatic carbocycles. The van der Waals surface area contributed by atoms with E-state index < -0.39 is 6.43 Å². The minimum atomic E-state index is -2.33. The normalized spacial score (nSPS) is 27.3. The van der Waals surface area contributed by atoms with Gasteiger partial charge in [0.2, 0.25) is 0 Å². The number of nitrogens with zero attached hydrogens (tertiary/aromatic N) is 1. The molecule has 5 heteroatoms. The van der Waals surface area contributed by atoms with Gasteiger partial charge in [-0.3, -0.25) is 4.90 Å². The van der Waals surface area contributed by atoms with Gasteiger partial charge in [-0.1, -0.05) is 13.8 Å². The average Bonchev–Trinajstić information content (AvgIpc) is 2.53. The molecule has 18 heavy (non-hydrogen) atoms. The lowest BCUT2D eigenvalue weighted by molar-refractivity contribution is 0.0658. The summed E-state index contributed by atoms with van der Waals surface area (Å²) in [7, 11) is 1.94. The summed E-state index contributed by atoms with van der Waals surface area (Å²) in [5, 5.41) is 12.3. The number of hydrogen-bond donors (Lipinski definition) is 2. The highest BCUT2D eigenvalue weighted by Gasteiger charge is 2.41. The molecule has 0 aromatic carbocycles. The second kappa shape index (κ2) is 6.78. The van der Waals surface area contributed by atoms with Crippen LogP contribution in [0.3, 0.4) is 0 Å². The molecule has 0 aromatic heterocycles. The lowest BCUT2D eigenvalue weighted by Crippen LogP contribution is -2.45. The molecule has 0 saturated heterocycles. The zero-order valence-electron chi connectivity index (χ0n) is 11.6.